The maximum Gasteiger partial charge on any atom is 0.352 e. The zero-order valence-corrected chi connectivity index (χ0v) is 21.1. The summed E-state index contributed by atoms with van der Waals surface area (Å²) in [6.07, 6.45) is 3.95. The highest BCUT2D eigenvalue weighted by Gasteiger charge is 2.53. The van der Waals surface area contributed by atoms with Gasteiger partial charge in [0.1, 0.15) is 22.9 Å². The number of hydrogen-bond donors (Lipinski definition) is 3. The number of carbonyl (C=O) groups excluding carboxylic acids is 2. The van der Waals surface area contributed by atoms with Gasteiger partial charge in [-0.05, 0) is 60.7 Å². The molecule has 0 radical (unpaired) electrons. The minimum Gasteiger partial charge on any atom is -0.508 e. The number of aryl methyl sites for hydroxylation is 1. The first-order chi connectivity index (χ1) is 17.9. The number of nitrogens with zero attached hydrogens (tertiary/aromatic N) is 2. The van der Waals surface area contributed by atoms with Crippen molar-refractivity contribution in [3.63, 3.8) is 0 Å². The second kappa shape index (κ2) is 10.8. The lowest BCUT2D eigenvalue weighted by atomic mass is 10.0. The smallest absolute Gasteiger partial charge is 0.352 e. The largest absolute Gasteiger partial charge is 0.508 e. The molecule has 0 bridgehead atoms. The van der Waals surface area contributed by atoms with Crippen LogP contribution in [0.15, 0.2) is 77.5 Å². The number of likely N-dealkylation sites (tertiary alicyclic amines) is 1. The van der Waals surface area contributed by atoms with Crippen LogP contribution in [0.25, 0.3) is 0 Å². The molecule has 192 valence electrons. The molecule has 8 nitrogen and oxygen atoms in total. The van der Waals surface area contributed by atoms with Gasteiger partial charge in [0.15, 0.2) is 0 Å². The summed E-state index contributed by atoms with van der Waals surface area (Å²) in [4.78, 5) is 41.2. The Labute approximate surface area is 219 Å². The van der Waals surface area contributed by atoms with Crippen molar-refractivity contribution in [1.29, 1.82) is 0 Å². The Kier molecular flexibility index (Phi) is 7.34. The molecule has 2 amide bonds. The molecule has 0 unspecified atom stereocenters. The minimum atomic E-state index is -1.16. The van der Waals surface area contributed by atoms with Gasteiger partial charge in [0.05, 0.1) is 0 Å². The molecule has 37 heavy (non-hydrogen) atoms. The molecule has 3 N–H and O–H groups in total. The van der Waals surface area contributed by atoms with Gasteiger partial charge < -0.3 is 20.4 Å². The van der Waals surface area contributed by atoms with Gasteiger partial charge >= 0.3 is 5.97 Å². The molecule has 5 rings (SSSR count). The van der Waals surface area contributed by atoms with Crippen molar-refractivity contribution in [2.45, 2.75) is 37.2 Å². The lowest BCUT2D eigenvalue weighted by molar-refractivity contribution is -0.149. The number of aliphatic carboxylic acids is 1. The number of phenolic OH excluding ortho intramolecular Hbond substituents is 1. The first-order valence-corrected chi connectivity index (χ1v) is 13.4. The summed E-state index contributed by atoms with van der Waals surface area (Å²) in [7, 11) is 0. The number of benzene rings is 2. The van der Waals surface area contributed by atoms with Gasteiger partial charge in [0.25, 0.3) is 0 Å². The van der Waals surface area contributed by atoms with Gasteiger partial charge in [0.2, 0.25) is 11.8 Å². The monoisotopic (exact) mass is 519 g/mol. The summed E-state index contributed by atoms with van der Waals surface area (Å²) in [5.74, 6) is -0.987. The fourth-order valence-electron chi connectivity index (χ4n) is 5.04. The van der Waals surface area contributed by atoms with E-state index in [0.717, 1.165) is 18.4 Å². The Morgan fingerprint density at radius 1 is 1.11 bits per heavy atom. The molecule has 2 atom stereocenters. The number of rotatable bonds is 9. The summed E-state index contributed by atoms with van der Waals surface area (Å²) in [5.41, 5.74) is 3.07. The highest BCUT2D eigenvalue weighted by Crippen LogP contribution is 2.41. The maximum absolute atomic E-state index is 13.0. The molecule has 3 aliphatic heterocycles. The Morgan fingerprint density at radius 2 is 1.89 bits per heavy atom. The van der Waals surface area contributed by atoms with Crippen molar-refractivity contribution in [2.24, 2.45) is 0 Å². The van der Waals surface area contributed by atoms with E-state index in [-0.39, 0.29) is 28.6 Å². The van der Waals surface area contributed by atoms with Gasteiger partial charge in [-0.3, -0.25) is 14.5 Å². The molecule has 2 saturated heterocycles. The average molecular weight is 520 g/mol. The van der Waals surface area contributed by atoms with E-state index in [9.17, 15) is 24.6 Å². The molecule has 2 aromatic rings. The van der Waals surface area contributed by atoms with E-state index in [1.54, 1.807) is 29.2 Å². The third-order valence-corrected chi connectivity index (χ3v) is 8.20. The molecular formula is C28H29N3O5S. The van der Waals surface area contributed by atoms with Crippen LogP contribution in [0.5, 0.6) is 5.75 Å². The van der Waals surface area contributed by atoms with Crippen molar-refractivity contribution >= 4 is 29.5 Å². The van der Waals surface area contributed by atoms with Gasteiger partial charge in [-0.1, -0.05) is 42.5 Å². The van der Waals surface area contributed by atoms with Gasteiger partial charge in [-0.2, -0.15) is 0 Å². The summed E-state index contributed by atoms with van der Waals surface area (Å²) < 4.78 is 0. The lowest BCUT2D eigenvalue weighted by Gasteiger charge is -2.49. The summed E-state index contributed by atoms with van der Waals surface area (Å²) in [6, 6.07) is 16.5. The zero-order valence-electron chi connectivity index (χ0n) is 20.3. The van der Waals surface area contributed by atoms with Crippen LogP contribution in [0.4, 0.5) is 0 Å². The first-order valence-electron chi connectivity index (χ1n) is 12.4. The topological polar surface area (TPSA) is 110 Å². The molecule has 0 aromatic heterocycles. The number of carbonyl (C=O) groups is 3. The number of carboxylic acid groups (broad SMARTS) is 1. The number of amides is 2. The Hall–Kier alpha value is -3.56. The minimum absolute atomic E-state index is 0.0252. The molecule has 0 saturated carbocycles. The summed E-state index contributed by atoms with van der Waals surface area (Å²) in [6.45, 7) is 1.56. The number of carboxylic acids is 1. The third-order valence-electron chi connectivity index (χ3n) is 6.90. The van der Waals surface area contributed by atoms with Gasteiger partial charge in [-0.25, -0.2) is 4.79 Å². The normalized spacial score (nSPS) is 22.4. The van der Waals surface area contributed by atoms with E-state index in [4.69, 9.17) is 0 Å². The lowest BCUT2D eigenvalue weighted by Crippen LogP contribution is -2.69. The molecule has 3 heterocycles. The Bertz CT molecular complexity index is 1280. The molecule has 2 fully saturated rings. The maximum atomic E-state index is 13.0. The third kappa shape index (κ3) is 5.28. The SMILES string of the molecule is O=C(O)C1=C(/C=C2\CCN(Cc3cccc(O)c3)C2=O)CS[C@@H]2[C@H](NCCCc3ccccc3)C(=O)N12. The summed E-state index contributed by atoms with van der Waals surface area (Å²) >= 11 is 1.52. The number of β-lactam (4-membered cyclic amide) rings is 1. The number of fused-ring (bicyclic) bond motifs is 1. The van der Waals surface area contributed by atoms with E-state index < -0.39 is 12.0 Å². The van der Waals surface area contributed by atoms with E-state index >= 15 is 0 Å². The van der Waals surface area contributed by atoms with Crippen LogP contribution in [-0.2, 0) is 27.3 Å². The Balaban J connectivity index is 1.23. The number of hydrogen-bond acceptors (Lipinski definition) is 6. The fraction of sp³-hybridized carbons (Fsp3) is 0.321. The van der Waals surface area contributed by atoms with E-state index in [0.29, 0.717) is 43.0 Å². The highest BCUT2D eigenvalue weighted by molar-refractivity contribution is 8.00. The van der Waals surface area contributed by atoms with E-state index in [1.165, 1.54) is 22.2 Å². The number of allylic oxidation sites excluding steroid dienone is 1. The zero-order chi connectivity index (χ0) is 25.9. The number of phenols is 1. The molecule has 9 heteroatoms. The molecule has 0 aliphatic carbocycles. The van der Waals surface area contributed by atoms with Crippen LogP contribution in [0.1, 0.15) is 24.0 Å². The predicted molar refractivity (Wildman–Crippen MR) is 141 cm³/mol. The van der Waals surface area contributed by atoms with Gasteiger partial charge in [-0.15, -0.1) is 11.8 Å². The highest BCUT2D eigenvalue weighted by atomic mass is 32.2. The standard InChI is InChI=1S/C28H29N3O5S/c32-22-10-4-8-19(14-22)16-30-13-11-20(25(30)33)15-21-17-37-27-23(26(34)31(27)24(21)28(35)36)29-12-5-9-18-6-2-1-3-7-18/h1-4,6-8,10,14-15,23,27,29,32H,5,9,11-13,16-17H2,(H,35,36)/b20-15+/t23-,27-/m1/s1. The number of nitrogens with one attached hydrogen (secondary N) is 1. The van der Waals surface area contributed by atoms with Crippen molar-refractivity contribution in [3.05, 3.63) is 88.6 Å². The Morgan fingerprint density at radius 3 is 2.65 bits per heavy atom. The second-order valence-corrected chi connectivity index (χ2v) is 10.5. The van der Waals surface area contributed by atoms with Crippen molar-refractivity contribution in [2.75, 3.05) is 18.8 Å². The van der Waals surface area contributed by atoms with Gasteiger partial charge in [0, 0.05) is 24.4 Å². The second-order valence-electron chi connectivity index (χ2n) is 9.43. The van der Waals surface area contributed by atoms with E-state index in [1.807, 2.05) is 24.3 Å². The molecule has 2 aromatic carbocycles. The van der Waals surface area contributed by atoms with Crippen LogP contribution in [0.3, 0.4) is 0 Å². The summed E-state index contributed by atoms with van der Waals surface area (Å²) in [5, 5.41) is 22.7. The van der Waals surface area contributed by atoms with E-state index in [2.05, 4.69) is 17.4 Å². The predicted octanol–water partition coefficient (Wildman–Crippen LogP) is 2.90. The van der Waals surface area contributed by atoms with Crippen LogP contribution in [-0.4, -0.2) is 68.1 Å². The fourth-order valence-corrected chi connectivity index (χ4v) is 6.37. The molecule has 3 aliphatic rings. The molecule has 0 spiro atoms. The number of aromatic hydroxyl groups is 1. The van der Waals surface area contributed by atoms with Crippen LogP contribution in [0.2, 0.25) is 0 Å². The number of thioether (sulfide) groups is 1. The van der Waals surface area contributed by atoms with Crippen LogP contribution in [0, 0.1) is 0 Å². The average Bonchev–Trinajstić information content (AvgIpc) is 3.22. The van der Waals surface area contributed by atoms with Crippen LogP contribution < -0.4 is 5.32 Å². The first kappa shape index (κ1) is 25.1. The van der Waals surface area contributed by atoms with Crippen molar-refractivity contribution in [3.8, 4) is 5.75 Å². The quantitative estimate of drug-likeness (QED) is 0.265. The molecular weight excluding hydrogens is 490 g/mol. The van der Waals surface area contributed by atoms with Crippen molar-refractivity contribution < 1.29 is 24.6 Å². The van der Waals surface area contributed by atoms with Crippen molar-refractivity contribution in [1.82, 2.24) is 15.1 Å². The van der Waals surface area contributed by atoms with Crippen LogP contribution >= 0.6 is 11.8 Å².